The summed E-state index contributed by atoms with van der Waals surface area (Å²) in [6.07, 6.45) is 3.93. The molecule has 8 nitrogen and oxygen atoms in total. The molecule has 1 saturated heterocycles. The Morgan fingerprint density at radius 3 is 2.74 bits per heavy atom. The summed E-state index contributed by atoms with van der Waals surface area (Å²) in [5.74, 6) is -0.902. The first-order valence-corrected chi connectivity index (χ1v) is 9.52. The van der Waals surface area contributed by atoms with Crippen LogP contribution in [0, 0.1) is 6.92 Å². The second-order valence-corrected chi connectivity index (χ2v) is 7.39. The summed E-state index contributed by atoms with van der Waals surface area (Å²) >= 11 is 1.23. The van der Waals surface area contributed by atoms with Gasteiger partial charge in [0.25, 0.3) is 5.91 Å². The van der Waals surface area contributed by atoms with E-state index < -0.39 is 23.4 Å². The number of urea groups is 1. The van der Waals surface area contributed by atoms with Crippen molar-refractivity contribution in [3.63, 3.8) is 0 Å². The zero-order valence-electron chi connectivity index (χ0n) is 15.4. The number of aryl methyl sites for hydroxylation is 1. The normalized spacial score (nSPS) is 19.3. The molecular weight excluding hydrogens is 366 g/mol. The van der Waals surface area contributed by atoms with Gasteiger partial charge in [-0.25, -0.2) is 9.78 Å². The second kappa shape index (κ2) is 7.43. The van der Waals surface area contributed by atoms with Gasteiger partial charge in [-0.2, -0.15) is 5.01 Å². The molecule has 0 aliphatic carbocycles. The van der Waals surface area contributed by atoms with Gasteiger partial charge in [-0.05, 0) is 31.9 Å². The highest BCUT2D eigenvalue weighted by Crippen LogP contribution is 2.23. The summed E-state index contributed by atoms with van der Waals surface area (Å²) in [6, 6.07) is 7.24. The van der Waals surface area contributed by atoms with E-state index >= 15 is 0 Å². The number of para-hydroxylation sites is 1. The molecule has 1 atom stereocenters. The minimum atomic E-state index is -0.988. The van der Waals surface area contributed by atoms with E-state index in [0.717, 1.165) is 16.3 Å². The Balaban J connectivity index is 1.65. The maximum atomic E-state index is 12.3. The third-order valence-corrected chi connectivity index (χ3v) is 5.49. The van der Waals surface area contributed by atoms with Gasteiger partial charge in [0.2, 0.25) is 5.91 Å². The Hall–Kier alpha value is -2.81. The number of amides is 4. The van der Waals surface area contributed by atoms with Gasteiger partial charge in [-0.3, -0.25) is 19.6 Å². The fourth-order valence-corrected chi connectivity index (χ4v) is 3.48. The average Bonchev–Trinajstić information content (AvgIpc) is 3.19. The topological polar surface area (TPSA) is 96.3 Å². The minimum absolute atomic E-state index is 0.0167. The van der Waals surface area contributed by atoms with Gasteiger partial charge in [0.1, 0.15) is 5.54 Å². The average molecular weight is 387 g/mol. The predicted molar refractivity (Wildman–Crippen MR) is 101 cm³/mol. The number of hydrogen-bond donors (Lipinski definition) is 2. The molecule has 0 saturated carbocycles. The van der Waals surface area contributed by atoms with Crippen LogP contribution in [0.5, 0.6) is 0 Å². The van der Waals surface area contributed by atoms with Gasteiger partial charge in [0.15, 0.2) is 5.16 Å². The summed E-state index contributed by atoms with van der Waals surface area (Å²) in [7, 11) is 0. The largest absolute Gasteiger partial charge is 0.344 e. The van der Waals surface area contributed by atoms with Crippen LogP contribution in [0.3, 0.4) is 0 Å². The molecule has 1 aromatic heterocycles. The number of rotatable bonds is 6. The van der Waals surface area contributed by atoms with Crippen LogP contribution < -0.4 is 10.7 Å². The van der Waals surface area contributed by atoms with Crippen molar-refractivity contribution in [2.24, 2.45) is 0 Å². The first-order chi connectivity index (χ1) is 12.9. The van der Waals surface area contributed by atoms with Crippen molar-refractivity contribution in [2.75, 3.05) is 5.75 Å². The van der Waals surface area contributed by atoms with Gasteiger partial charge in [-0.15, -0.1) is 0 Å². The van der Waals surface area contributed by atoms with Crippen LogP contribution in [0.2, 0.25) is 0 Å². The highest BCUT2D eigenvalue weighted by Gasteiger charge is 2.47. The van der Waals surface area contributed by atoms with Crippen molar-refractivity contribution >= 4 is 29.6 Å². The molecule has 9 heteroatoms. The molecule has 2 aromatic rings. The van der Waals surface area contributed by atoms with E-state index in [1.807, 2.05) is 42.0 Å². The van der Waals surface area contributed by atoms with Crippen molar-refractivity contribution in [2.45, 2.75) is 37.9 Å². The van der Waals surface area contributed by atoms with Crippen molar-refractivity contribution in [1.29, 1.82) is 0 Å². The number of nitrogens with one attached hydrogen (secondary N) is 2. The van der Waals surface area contributed by atoms with Gasteiger partial charge in [-0.1, -0.05) is 36.9 Å². The van der Waals surface area contributed by atoms with Gasteiger partial charge < -0.3 is 5.32 Å². The number of carbonyl (C=O) groups excluding carboxylic acids is 3. The molecule has 27 heavy (non-hydrogen) atoms. The van der Waals surface area contributed by atoms with Crippen LogP contribution in [0.25, 0.3) is 5.69 Å². The van der Waals surface area contributed by atoms with Crippen LogP contribution in [-0.2, 0) is 9.59 Å². The predicted octanol–water partition coefficient (Wildman–Crippen LogP) is 2.02. The van der Waals surface area contributed by atoms with Crippen LogP contribution in [0.1, 0.15) is 25.8 Å². The Bertz CT molecular complexity index is 897. The van der Waals surface area contributed by atoms with Crippen LogP contribution in [-0.4, -0.2) is 43.7 Å². The number of carbonyl (C=O) groups is 3. The molecule has 1 aliphatic heterocycles. The van der Waals surface area contributed by atoms with E-state index in [1.54, 1.807) is 20.0 Å². The summed E-state index contributed by atoms with van der Waals surface area (Å²) in [5.41, 5.74) is 3.45. The fraction of sp³-hybridized carbons (Fsp3) is 0.333. The van der Waals surface area contributed by atoms with Crippen LogP contribution in [0.15, 0.2) is 41.8 Å². The number of imide groups is 1. The molecule has 1 aliphatic rings. The van der Waals surface area contributed by atoms with E-state index in [4.69, 9.17) is 0 Å². The molecular formula is C18H21N5O3S. The molecule has 2 heterocycles. The molecule has 0 bridgehead atoms. The van der Waals surface area contributed by atoms with E-state index in [-0.39, 0.29) is 5.75 Å². The summed E-state index contributed by atoms with van der Waals surface area (Å²) in [6.45, 7) is 5.43. The molecule has 0 radical (unpaired) electrons. The second-order valence-electron chi connectivity index (χ2n) is 6.45. The molecule has 1 aromatic carbocycles. The number of hydrazine groups is 1. The van der Waals surface area contributed by atoms with Crippen molar-refractivity contribution in [3.8, 4) is 5.69 Å². The quantitative estimate of drug-likeness (QED) is 0.584. The van der Waals surface area contributed by atoms with E-state index in [9.17, 15) is 14.4 Å². The number of benzene rings is 1. The first-order valence-electron chi connectivity index (χ1n) is 8.54. The van der Waals surface area contributed by atoms with Gasteiger partial charge in [0.05, 0.1) is 11.4 Å². The number of nitrogens with zero attached hydrogens (tertiary/aromatic N) is 3. The molecule has 1 fully saturated rings. The van der Waals surface area contributed by atoms with Crippen LogP contribution >= 0.6 is 11.8 Å². The van der Waals surface area contributed by atoms with Gasteiger partial charge in [0, 0.05) is 12.4 Å². The lowest BCUT2D eigenvalue weighted by atomic mass is 10.00. The molecule has 3 rings (SSSR count). The number of hydrogen-bond acceptors (Lipinski definition) is 5. The highest BCUT2D eigenvalue weighted by atomic mass is 32.2. The van der Waals surface area contributed by atoms with Gasteiger partial charge >= 0.3 is 6.03 Å². The van der Waals surface area contributed by atoms with E-state index in [1.165, 1.54) is 11.8 Å². The van der Waals surface area contributed by atoms with Crippen molar-refractivity contribution < 1.29 is 14.4 Å². The Kier molecular flexibility index (Phi) is 5.22. The Morgan fingerprint density at radius 1 is 1.33 bits per heavy atom. The molecule has 2 N–H and O–H groups in total. The summed E-state index contributed by atoms with van der Waals surface area (Å²) < 4.78 is 1.90. The van der Waals surface area contributed by atoms with E-state index in [2.05, 4.69) is 15.7 Å². The lowest BCUT2D eigenvalue weighted by Crippen LogP contribution is -2.49. The third kappa shape index (κ3) is 3.68. The standard InChI is InChI=1S/C18H21N5O3S/c1-4-18(3)15(25)23(16(26)20-18)21-14(24)11-27-17-19-9-10-22(17)13-8-6-5-7-12(13)2/h5-10H,4,11H2,1-3H3,(H,20,26)(H,21,24). The van der Waals surface area contributed by atoms with Crippen molar-refractivity contribution in [3.05, 3.63) is 42.2 Å². The first kappa shape index (κ1) is 19.0. The number of imidazole rings is 1. The SMILES string of the molecule is CCC1(C)NC(=O)N(NC(=O)CSc2nccn2-c2ccccc2C)C1=O. The zero-order valence-corrected chi connectivity index (χ0v) is 16.2. The van der Waals surface area contributed by atoms with Crippen molar-refractivity contribution in [1.82, 2.24) is 25.3 Å². The summed E-state index contributed by atoms with van der Waals surface area (Å²) in [5, 5.41) is 3.99. The Morgan fingerprint density at radius 2 is 2.07 bits per heavy atom. The lowest BCUT2D eigenvalue weighted by molar-refractivity contribution is -0.137. The van der Waals surface area contributed by atoms with Crippen LogP contribution in [0.4, 0.5) is 4.79 Å². The maximum absolute atomic E-state index is 12.3. The smallest absolute Gasteiger partial charge is 0.322 e. The lowest BCUT2D eigenvalue weighted by Gasteiger charge is -2.19. The number of aromatic nitrogens is 2. The monoisotopic (exact) mass is 387 g/mol. The fourth-order valence-electron chi connectivity index (χ4n) is 2.73. The van der Waals surface area contributed by atoms with E-state index in [0.29, 0.717) is 11.6 Å². The molecule has 0 spiro atoms. The molecule has 4 amide bonds. The third-order valence-electron chi connectivity index (χ3n) is 4.52. The Labute approximate surface area is 161 Å². The highest BCUT2D eigenvalue weighted by molar-refractivity contribution is 7.99. The summed E-state index contributed by atoms with van der Waals surface area (Å²) in [4.78, 5) is 40.8. The maximum Gasteiger partial charge on any atom is 0.344 e. The molecule has 142 valence electrons. The molecule has 1 unspecified atom stereocenters. The zero-order chi connectivity index (χ0) is 19.6. The minimum Gasteiger partial charge on any atom is -0.322 e. The number of thioether (sulfide) groups is 1.